The lowest BCUT2D eigenvalue weighted by Crippen LogP contribution is -2.40. The normalized spacial score (nSPS) is 15.7. The van der Waals surface area contributed by atoms with Gasteiger partial charge in [-0.05, 0) is 369 Å². The van der Waals surface area contributed by atoms with E-state index in [1.54, 1.807) is 135 Å². The Morgan fingerprint density at radius 2 is 0.730 bits per heavy atom. The quantitative estimate of drug-likeness (QED) is 0.0144. The van der Waals surface area contributed by atoms with Crippen molar-refractivity contribution >= 4 is 170 Å². The third-order valence-corrected chi connectivity index (χ3v) is 34.1. The van der Waals surface area contributed by atoms with Gasteiger partial charge in [-0.25, -0.2) is 85.3 Å². The van der Waals surface area contributed by atoms with Crippen LogP contribution in [0.1, 0.15) is 291 Å². The minimum atomic E-state index is -3.81. The summed E-state index contributed by atoms with van der Waals surface area (Å²) < 4.78 is 168. The number of aryl methyl sites for hydroxylation is 1. The van der Waals surface area contributed by atoms with Crippen LogP contribution in [0.4, 0.5) is 15.3 Å². The maximum absolute atomic E-state index is 13.4. The molecule has 2 aliphatic rings. The average molecular weight is 2370 g/mol. The summed E-state index contributed by atoms with van der Waals surface area (Å²) in [5, 5.41) is 18.5. The van der Waals surface area contributed by atoms with Gasteiger partial charge in [0.1, 0.15) is 23.0 Å². The highest BCUT2D eigenvalue weighted by Crippen LogP contribution is 2.42. The number of alkyl carbamates (subject to hydrolysis) is 2. The topological polar surface area (TPSA) is 407 Å². The Labute approximate surface area is 870 Å². The first-order valence-electron chi connectivity index (χ1n) is 46.0. The van der Waals surface area contributed by atoms with Crippen LogP contribution in [0.15, 0.2) is 145 Å². The SMILES string of the molecule is CC(C)(C)NS(=O)(=O)c1cc(N)ccc1Br.CC(C)(C)NS(=O)(=O)c1cc(O)ccc1Br.CC(C)CCBr.CC(C)CCOc1ccc(-c2cnc(C3CCC(NC(=O)OC(C)C)CC3)s2)c(S(=O)(=O)NC(C)(C)C)c1.CC(C)CCOc1ccc(Br)c(S(=O)(=O)NC(C)(C)C)c1.CC(C)OC(=O)NC1CCC(c2ncc(Br)s2)CC1.Cc1ccc(OCCC(C)C)cc1S(=O)(=O)NC(C)(C)C. The molecule has 2 aliphatic carbocycles. The number of phenolic OH excluding ortho intramolecular Hbond substituents is 1. The molecule has 0 bridgehead atoms. The number of rotatable bonds is 31. The number of halogens is 5. The molecule has 776 valence electrons. The number of thiazole rings is 2. The third-order valence-electron chi connectivity index (χ3n) is 18.9. The maximum atomic E-state index is 13.4. The lowest BCUT2D eigenvalue weighted by atomic mass is 9.86. The van der Waals surface area contributed by atoms with Crippen LogP contribution in [0.3, 0.4) is 0 Å². The summed E-state index contributed by atoms with van der Waals surface area (Å²) in [5.41, 5.74) is 4.55. The van der Waals surface area contributed by atoms with Gasteiger partial charge in [-0.15, -0.1) is 22.7 Å². The van der Waals surface area contributed by atoms with Gasteiger partial charge in [-0.3, -0.25) is 0 Å². The van der Waals surface area contributed by atoms with E-state index in [1.165, 1.54) is 47.0 Å². The van der Waals surface area contributed by atoms with Crippen LogP contribution in [0, 0.1) is 30.6 Å². The van der Waals surface area contributed by atoms with Gasteiger partial charge >= 0.3 is 12.2 Å². The van der Waals surface area contributed by atoms with E-state index in [0.717, 1.165) is 95.5 Å². The number of nitrogens with two attached hydrogens (primary N) is 1. The van der Waals surface area contributed by atoms with E-state index in [2.05, 4.69) is 174 Å². The molecule has 7 aromatic rings. The maximum Gasteiger partial charge on any atom is 0.407 e. The molecule has 2 amide bonds. The molecule has 2 heterocycles. The molecule has 9 rings (SSSR count). The number of nitrogens with zero attached hydrogens (tertiary/aromatic N) is 2. The Morgan fingerprint density at radius 3 is 1.08 bits per heavy atom. The van der Waals surface area contributed by atoms with Crippen LogP contribution in [0.5, 0.6) is 23.0 Å². The van der Waals surface area contributed by atoms with E-state index in [4.69, 9.17) is 34.4 Å². The second-order valence-corrected chi connectivity index (χ2v) is 56.2. The van der Waals surface area contributed by atoms with E-state index in [1.807, 2.05) is 93.6 Å². The Balaban J connectivity index is 0.000000430. The molecule has 0 unspecified atom stereocenters. The van der Waals surface area contributed by atoms with Crippen LogP contribution in [0.2, 0.25) is 0 Å². The second kappa shape index (κ2) is 56.9. The molecule has 137 heavy (non-hydrogen) atoms. The Hall–Kier alpha value is -5.15. The van der Waals surface area contributed by atoms with Crippen LogP contribution in [-0.2, 0) is 59.6 Å². The van der Waals surface area contributed by atoms with Crippen LogP contribution in [-0.4, -0.2) is 146 Å². The summed E-state index contributed by atoms with van der Waals surface area (Å²) in [6.07, 6.45) is 14.5. The number of phenols is 1. The number of ether oxygens (including phenoxy) is 5. The van der Waals surface area contributed by atoms with Gasteiger partial charge in [-0.1, -0.05) is 77.4 Å². The van der Waals surface area contributed by atoms with Crippen LogP contribution in [0.25, 0.3) is 10.4 Å². The molecule has 5 aromatic carbocycles. The monoisotopic (exact) mass is 2360 g/mol. The van der Waals surface area contributed by atoms with E-state index >= 15 is 0 Å². The molecule has 0 atom stereocenters. The Bertz CT molecular complexity index is 5320. The zero-order chi connectivity index (χ0) is 105. The lowest BCUT2D eigenvalue weighted by Gasteiger charge is -2.28. The molecule has 2 aromatic heterocycles. The number of anilines is 1. The number of alkyl halides is 1. The number of benzene rings is 5. The van der Waals surface area contributed by atoms with Crippen molar-refractivity contribution in [3.05, 3.63) is 136 Å². The molecule has 2 fully saturated rings. The summed E-state index contributed by atoms with van der Waals surface area (Å²) in [6.45, 7) is 55.0. The number of nitrogen functional groups attached to an aromatic ring is 1. The van der Waals surface area contributed by atoms with Crippen molar-refractivity contribution in [3.63, 3.8) is 0 Å². The second-order valence-electron chi connectivity index (χ2n) is 41.1. The van der Waals surface area contributed by atoms with Crippen molar-refractivity contribution in [2.24, 2.45) is 23.7 Å². The van der Waals surface area contributed by atoms with Gasteiger partial charge in [-0.2, -0.15) is 0 Å². The summed E-state index contributed by atoms with van der Waals surface area (Å²) >= 11 is 19.7. The van der Waals surface area contributed by atoms with E-state index in [0.29, 0.717) is 91.0 Å². The molecule has 0 saturated heterocycles. The van der Waals surface area contributed by atoms with Crippen molar-refractivity contribution in [1.82, 2.24) is 44.2 Å². The lowest BCUT2D eigenvalue weighted by molar-refractivity contribution is 0.108. The largest absolute Gasteiger partial charge is 0.508 e. The van der Waals surface area contributed by atoms with Crippen molar-refractivity contribution in [2.45, 2.75) is 359 Å². The van der Waals surface area contributed by atoms with Crippen molar-refractivity contribution in [2.75, 3.05) is 30.9 Å². The van der Waals surface area contributed by atoms with Crippen LogP contribution >= 0.6 is 102 Å². The minimum absolute atomic E-state index is 0.0300. The number of aromatic hydroxyl groups is 1. The number of hydrogen-bond acceptors (Lipinski definition) is 23. The van der Waals surface area contributed by atoms with Gasteiger partial charge in [0.05, 0.1) is 81.4 Å². The number of carbonyl (C=O) groups excluding carboxylic acids is 2. The first-order valence-corrected chi connectivity index (χ1v) is 59.4. The van der Waals surface area contributed by atoms with E-state index < -0.39 is 77.8 Å². The number of hydrogen-bond donors (Lipinski definition) is 9. The highest BCUT2D eigenvalue weighted by Gasteiger charge is 2.34. The van der Waals surface area contributed by atoms with Gasteiger partial charge in [0.25, 0.3) is 0 Å². The highest BCUT2D eigenvalue weighted by atomic mass is 79.9. The van der Waals surface area contributed by atoms with Gasteiger partial charge in [0.15, 0.2) is 0 Å². The Kier molecular flexibility index (Phi) is 52.4. The molecule has 28 nitrogen and oxygen atoms in total. The van der Waals surface area contributed by atoms with Gasteiger partial charge < -0.3 is 45.2 Å². The smallest absolute Gasteiger partial charge is 0.407 e. The number of sulfonamides is 5. The number of aromatic nitrogens is 2. The summed E-state index contributed by atoms with van der Waals surface area (Å²) in [5.74, 6) is 4.87. The van der Waals surface area contributed by atoms with E-state index in [9.17, 15) is 56.8 Å². The zero-order valence-electron chi connectivity index (χ0n) is 85.0. The summed E-state index contributed by atoms with van der Waals surface area (Å²) in [4.78, 5) is 34.2. The predicted molar refractivity (Wildman–Crippen MR) is 575 cm³/mol. The average Bonchev–Trinajstić information content (AvgIpc) is 1.73. The highest BCUT2D eigenvalue weighted by molar-refractivity contribution is 9.11. The fourth-order valence-electron chi connectivity index (χ4n) is 12.8. The molecular formula is C97H153Br5N10O18S7. The summed E-state index contributed by atoms with van der Waals surface area (Å²) in [7, 11) is -18.1. The van der Waals surface area contributed by atoms with Crippen molar-refractivity contribution in [3.8, 4) is 33.4 Å². The molecule has 2 saturated carbocycles. The predicted octanol–water partition coefficient (Wildman–Crippen LogP) is 24.8. The minimum Gasteiger partial charge on any atom is -0.508 e. The van der Waals surface area contributed by atoms with E-state index in [-0.39, 0.29) is 72.6 Å². The van der Waals surface area contributed by atoms with Crippen molar-refractivity contribution in [1.29, 1.82) is 0 Å². The number of carbonyl (C=O) groups is 2. The standard InChI is InChI=1S/C28H43N3O5S2.C16H27NO3S.C15H24BrNO3S.C13H19BrN2O2S.C10H15BrN2O2S.C10H14BrNO3S.C5H11Br/c1-18(2)14-15-35-22-12-13-23(25(16-22)38(33,34)31-28(5,6)7)24-17-29-26(37-24)20-8-10-21(11-9-20)30-27(32)36-19(3)4;1-12(2)9-10-20-14-8-7-13(3)15(11-14)21(18,19)17-16(4,5)6;1-11(2)8-9-20-12-6-7-13(16)14(10-12)21(18,19)17-15(3,4)5;1-8(2)18-13(17)16-10-5-3-9(4-6-10)12-15-7-11(14)19-12;1-10(2,3)13-16(14,15)9-6-7(12)4-5-8(9)11;1-10(2,3)12-16(14,15)9-6-7(13)4-5-8(9)11;1-5(2)3-4-6/h12-13,16-21,31H,8-11,14-15H2,1-7H3,(H,30,32);7-8,11-12,17H,9-10H2,1-6H3;6-7,10-11,17H,8-9H2,1-5H3;7-10H,3-6H2,1-2H3,(H,16,17);4-6,13H,12H2,1-3H3;4-6,12-13H,1-3H3;5H,3-4H2,1-2H3. The van der Waals surface area contributed by atoms with Crippen LogP contribution < -0.4 is 54.2 Å². The van der Waals surface area contributed by atoms with Gasteiger partial charge in [0, 0.05) is 112 Å². The van der Waals surface area contributed by atoms with Crippen molar-refractivity contribution < 1.29 is 80.5 Å². The fourth-order valence-corrected chi connectivity index (χ4v) is 26.9. The molecule has 0 radical (unpaired) electrons. The molecule has 40 heteroatoms. The fraction of sp³-hybridized carbons (Fsp3) is 0.608. The number of amides is 2. The first-order chi connectivity index (χ1) is 62.8. The molecule has 0 spiro atoms. The summed E-state index contributed by atoms with van der Waals surface area (Å²) in [6, 6.07) is 24.6. The number of nitrogens with one attached hydrogen (secondary N) is 7. The zero-order valence-corrected chi connectivity index (χ0v) is 98.7. The third kappa shape index (κ3) is 50.8. The molecule has 10 N–H and O–H groups in total. The Morgan fingerprint density at radius 1 is 0.416 bits per heavy atom. The molecule has 0 aliphatic heterocycles. The van der Waals surface area contributed by atoms with Gasteiger partial charge in [0.2, 0.25) is 50.1 Å². The molecular weight excluding hydrogens is 2220 g/mol. The first kappa shape index (κ1) is 126.